The summed E-state index contributed by atoms with van der Waals surface area (Å²) in [5.74, 6) is -0.287. The molecule has 3 aromatic rings. The lowest BCUT2D eigenvalue weighted by molar-refractivity contribution is 0.196. The van der Waals surface area contributed by atoms with Crippen LogP contribution in [0.4, 0.5) is 9.18 Å². The third-order valence-corrected chi connectivity index (χ3v) is 5.04. The molecule has 1 aromatic heterocycles. The van der Waals surface area contributed by atoms with Crippen molar-refractivity contribution >= 4 is 16.9 Å². The fourth-order valence-corrected chi connectivity index (χ4v) is 3.75. The summed E-state index contributed by atoms with van der Waals surface area (Å²) in [5.41, 5.74) is 4.49. The quantitative estimate of drug-likeness (QED) is 0.759. The Bertz CT molecular complexity index is 963. The molecule has 2 aromatic carbocycles. The first-order chi connectivity index (χ1) is 12.7. The van der Waals surface area contributed by atoms with E-state index in [0.29, 0.717) is 19.6 Å². The van der Waals surface area contributed by atoms with Crippen LogP contribution in [0.5, 0.6) is 0 Å². The number of carbonyl (C=O) groups excluding carboxylic acids is 1. The van der Waals surface area contributed by atoms with Gasteiger partial charge in [-0.1, -0.05) is 24.3 Å². The van der Waals surface area contributed by atoms with Gasteiger partial charge in [0.1, 0.15) is 5.82 Å². The van der Waals surface area contributed by atoms with Crippen molar-refractivity contribution in [2.45, 2.75) is 33.0 Å². The maximum atomic E-state index is 13.3. The zero-order valence-electron chi connectivity index (χ0n) is 14.8. The molecule has 26 heavy (non-hydrogen) atoms. The number of benzene rings is 2. The number of hydrogen-bond acceptors (Lipinski definition) is 1. The molecule has 1 aliphatic heterocycles. The van der Waals surface area contributed by atoms with Crippen LogP contribution in [0.1, 0.15) is 23.6 Å². The molecule has 0 aliphatic carbocycles. The van der Waals surface area contributed by atoms with E-state index in [-0.39, 0.29) is 11.8 Å². The van der Waals surface area contributed by atoms with Crippen molar-refractivity contribution in [2.75, 3.05) is 6.54 Å². The maximum absolute atomic E-state index is 13.3. The summed E-state index contributed by atoms with van der Waals surface area (Å²) in [6.07, 6.45) is 3.05. The van der Waals surface area contributed by atoms with Gasteiger partial charge in [0.05, 0.1) is 0 Å². The van der Waals surface area contributed by atoms with E-state index in [9.17, 15) is 9.18 Å². The SMILES string of the molecule is CCn1cc2c3c(cccc31)CN(C(=O)NCc1cccc(F)c1)CC2. The molecule has 1 aliphatic rings. The van der Waals surface area contributed by atoms with E-state index < -0.39 is 0 Å². The molecule has 0 saturated heterocycles. The largest absolute Gasteiger partial charge is 0.347 e. The molecule has 0 radical (unpaired) electrons. The number of rotatable bonds is 3. The third kappa shape index (κ3) is 3.05. The summed E-state index contributed by atoms with van der Waals surface area (Å²) in [6.45, 7) is 4.68. The number of urea groups is 1. The monoisotopic (exact) mass is 351 g/mol. The number of carbonyl (C=O) groups is 1. The molecule has 0 unspecified atom stereocenters. The van der Waals surface area contributed by atoms with Gasteiger partial charge in [-0.25, -0.2) is 9.18 Å². The highest BCUT2D eigenvalue weighted by Crippen LogP contribution is 2.29. The topological polar surface area (TPSA) is 37.3 Å². The van der Waals surface area contributed by atoms with E-state index in [1.165, 1.54) is 34.2 Å². The first-order valence-corrected chi connectivity index (χ1v) is 9.02. The number of aromatic nitrogens is 1. The van der Waals surface area contributed by atoms with E-state index in [1.807, 2.05) is 11.0 Å². The molecule has 0 spiro atoms. The maximum Gasteiger partial charge on any atom is 0.317 e. The lowest BCUT2D eigenvalue weighted by atomic mass is 10.1. The molecule has 0 fully saturated rings. The van der Waals surface area contributed by atoms with E-state index in [1.54, 1.807) is 6.07 Å². The van der Waals surface area contributed by atoms with Crippen LogP contribution in [0.15, 0.2) is 48.7 Å². The highest BCUT2D eigenvalue weighted by atomic mass is 19.1. The van der Waals surface area contributed by atoms with Gasteiger partial charge < -0.3 is 14.8 Å². The Hall–Kier alpha value is -2.82. The summed E-state index contributed by atoms with van der Waals surface area (Å²) >= 11 is 0. The lowest BCUT2D eigenvalue weighted by Crippen LogP contribution is -2.39. The summed E-state index contributed by atoms with van der Waals surface area (Å²) < 4.78 is 15.6. The van der Waals surface area contributed by atoms with Crippen molar-refractivity contribution in [2.24, 2.45) is 0 Å². The Morgan fingerprint density at radius 1 is 1.19 bits per heavy atom. The zero-order chi connectivity index (χ0) is 18.1. The van der Waals surface area contributed by atoms with Crippen LogP contribution in [0, 0.1) is 5.82 Å². The van der Waals surface area contributed by atoms with Gasteiger partial charge in [-0.2, -0.15) is 0 Å². The molecule has 4 rings (SSSR count). The predicted octanol–water partition coefficient (Wildman–Crippen LogP) is 4.07. The molecule has 2 heterocycles. The number of nitrogens with one attached hydrogen (secondary N) is 1. The minimum atomic E-state index is -0.287. The molecule has 5 heteroatoms. The van der Waals surface area contributed by atoms with Crippen LogP contribution >= 0.6 is 0 Å². The first kappa shape index (κ1) is 16.6. The number of halogens is 1. The second-order valence-electron chi connectivity index (χ2n) is 6.71. The second kappa shape index (κ2) is 6.83. The van der Waals surface area contributed by atoms with Crippen LogP contribution < -0.4 is 5.32 Å². The summed E-state index contributed by atoms with van der Waals surface area (Å²) in [5, 5.41) is 4.20. The minimum Gasteiger partial charge on any atom is -0.347 e. The van der Waals surface area contributed by atoms with Crippen molar-refractivity contribution in [1.29, 1.82) is 0 Å². The fourth-order valence-electron chi connectivity index (χ4n) is 3.75. The van der Waals surface area contributed by atoms with E-state index in [0.717, 1.165) is 18.5 Å². The standard InChI is InChI=1S/C21H22FN3O/c1-2-24-13-17-9-10-25(14-16-6-4-8-19(24)20(16)17)21(26)23-12-15-5-3-7-18(22)11-15/h3-8,11,13H,2,9-10,12,14H2,1H3,(H,23,26). The van der Waals surface area contributed by atoms with Gasteiger partial charge in [-0.3, -0.25) is 0 Å². The van der Waals surface area contributed by atoms with Crippen molar-refractivity contribution < 1.29 is 9.18 Å². The summed E-state index contributed by atoms with van der Waals surface area (Å²) in [7, 11) is 0. The Morgan fingerprint density at radius 2 is 2.04 bits per heavy atom. The lowest BCUT2D eigenvalue weighted by Gasteiger charge is -2.22. The van der Waals surface area contributed by atoms with Crippen LogP contribution in [-0.4, -0.2) is 22.0 Å². The molecular formula is C21H22FN3O. The van der Waals surface area contributed by atoms with E-state index in [4.69, 9.17) is 0 Å². The summed E-state index contributed by atoms with van der Waals surface area (Å²) in [6, 6.07) is 12.5. The highest BCUT2D eigenvalue weighted by Gasteiger charge is 2.22. The van der Waals surface area contributed by atoms with Gasteiger partial charge in [0.25, 0.3) is 0 Å². The Morgan fingerprint density at radius 3 is 2.85 bits per heavy atom. The second-order valence-corrected chi connectivity index (χ2v) is 6.71. The number of aryl methyl sites for hydroxylation is 1. The van der Waals surface area contributed by atoms with Gasteiger partial charge in [0.2, 0.25) is 0 Å². The fraction of sp³-hybridized carbons (Fsp3) is 0.286. The van der Waals surface area contributed by atoms with Crippen molar-refractivity contribution in [3.8, 4) is 0 Å². The molecule has 134 valence electrons. The molecule has 0 bridgehead atoms. The van der Waals surface area contributed by atoms with Crippen molar-refractivity contribution in [3.63, 3.8) is 0 Å². The first-order valence-electron chi connectivity index (χ1n) is 9.02. The Kier molecular flexibility index (Phi) is 4.37. The molecule has 0 saturated carbocycles. The predicted molar refractivity (Wildman–Crippen MR) is 100 cm³/mol. The van der Waals surface area contributed by atoms with Crippen LogP contribution in [0.3, 0.4) is 0 Å². The summed E-state index contributed by atoms with van der Waals surface area (Å²) in [4.78, 5) is 14.5. The number of nitrogens with zero attached hydrogens (tertiary/aromatic N) is 2. The smallest absolute Gasteiger partial charge is 0.317 e. The highest BCUT2D eigenvalue weighted by molar-refractivity contribution is 5.88. The molecule has 1 N–H and O–H groups in total. The average Bonchev–Trinajstić information content (AvgIpc) is 2.90. The van der Waals surface area contributed by atoms with E-state index >= 15 is 0 Å². The average molecular weight is 351 g/mol. The van der Waals surface area contributed by atoms with Gasteiger partial charge >= 0.3 is 6.03 Å². The van der Waals surface area contributed by atoms with E-state index in [2.05, 4.69) is 41.2 Å². The zero-order valence-corrected chi connectivity index (χ0v) is 14.8. The normalized spacial score (nSPS) is 13.7. The Labute approximate surface area is 152 Å². The molecule has 0 atom stereocenters. The number of amides is 2. The number of hydrogen-bond donors (Lipinski definition) is 1. The molecular weight excluding hydrogens is 329 g/mol. The van der Waals surface area contributed by atoms with Crippen molar-refractivity contribution in [1.82, 2.24) is 14.8 Å². The van der Waals surface area contributed by atoms with Crippen LogP contribution in [0.25, 0.3) is 10.9 Å². The third-order valence-electron chi connectivity index (χ3n) is 5.04. The van der Waals surface area contributed by atoms with Crippen LogP contribution in [0.2, 0.25) is 0 Å². The Balaban J connectivity index is 1.52. The molecule has 2 amide bonds. The van der Waals surface area contributed by atoms with Crippen LogP contribution in [-0.2, 0) is 26.1 Å². The van der Waals surface area contributed by atoms with Gasteiger partial charge in [-0.15, -0.1) is 0 Å². The van der Waals surface area contributed by atoms with Gasteiger partial charge in [0.15, 0.2) is 0 Å². The minimum absolute atomic E-state index is 0.111. The van der Waals surface area contributed by atoms with Gasteiger partial charge in [-0.05, 0) is 48.2 Å². The van der Waals surface area contributed by atoms with Gasteiger partial charge in [0, 0.05) is 43.3 Å². The van der Waals surface area contributed by atoms with Crippen molar-refractivity contribution in [3.05, 3.63) is 71.2 Å². The molecule has 4 nitrogen and oxygen atoms in total.